The molecule has 0 radical (unpaired) electrons. The van der Waals surface area contributed by atoms with Crippen LogP contribution in [-0.4, -0.2) is 16.0 Å². The molecule has 0 spiro atoms. The van der Waals surface area contributed by atoms with Crippen LogP contribution in [0.3, 0.4) is 0 Å². The molecule has 0 aliphatic rings. The van der Waals surface area contributed by atoms with E-state index < -0.39 is 0 Å². The fourth-order valence-electron chi connectivity index (χ4n) is 1.37. The molecule has 1 unspecified atom stereocenters. The van der Waals surface area contributed by atoms with E-state index in [-0.39, 0.29) is 0 Å². The summed E-state index contributed by atoms with van der Waals surface area (Å²) in [5, 5.41) is 3.65. The Labute approximate surface area is 102 Å². The first-order valence-electron chi connectivity index (χ1n) is 5.53. The minimum Gasteiger partial charge on any atom is -0.382 e. The molecule has 4 nitrogen and oxygen atoms in total. The summed E-state index contributed by atoms with van der Waals surface area (Å²) >= 11 is 5.99. The number of hydrogen-bond donors (Lipinski definition) is 2. The zero-order valence-corrected chi connectivity index (χ0v) is 10.8. The molecule has 1 heterocycles. The molecule has 0 fully saturated rings. The number of nitrogens with two attached hydrogens (primary N) is 1. The van der Waals surface area contributed by atoms with Crippen LogP contribution in [0.4, 0.5) is 11.6 Å². The molecule has 1 aromatic heterocycles. The van der Waals surface area contributed by atoms with E-state index in [9.17, 15) is 0 Å². The van der Waals surface area contributed by atoms with Gasteiger partial charge in [0.15, 0.2) is 5.82 Å². The predicted molar refractivity (Wildman–Crippen MR) is 68.6 cm³/mol. The van der Waals surface area contributed by atoms with Crippen LogP contribution in [-0.2, 0) is 0 Å². The van der Waals surface area contributed by atoms with Crippen molar-refractivity contribution in [2.45, 2.75) is 39.7 Å². The van der Waals surface area contributed by atoms with Crippen molar-refractivity contribution in [3.63, 3.8) is 0 Å². The molecule has 1 atom stereocenters. The molecule has 5 heteroatoms. The molecule has 0 aliphatic heterocycles. The van der Waals surface area contributed by atoms with Crippen molar-refractivity contribution >= 4 is 23.2 Å². The summed E-state index contributed by atoms with van der Waals surface area (Å²) in [5.41, 5.74) is 5.60. The van der Waals surface area contributed by atoms with Gasteiger partial charge >= 0.3 is 0 Å². The van der Waals surface area contributed by atoms with E-state index in [2.05, 4.69) is 36.1 Å². The number of halogens is 1. The molecule has 0 aliphatic carbocycles. The van der Waals surface area contributed by atoms with E-state index in [1.807, 2.05) is 0 Å². The van der Waals surface area contributed by atoms with Gasteiger partial charge in [-0.05, 0) is 25.7 Å². The number of nitrogens with one attached hydrogen (secondary N) is 1. The van der Waals surface area contributed by atoms with Gasteiger partial charge in [-0.2, -0.15) is 0 Å². The van der Waals surface area contributed by atoms with Gasteiger partial charge in [-0.25, -0.2) is 9.97 Å². The van der Waals surface area contributed by atoms with Crippen LogP contribution in [0.1, 0.15) is 33.6 Å². The van der Waals surface area contributed by atoms with E-state index in [4.69, 9.17) is 17.3 Å². The Bertz CT molecular complexity index is 341. The van der Waals surface area contributed by atoms with Gasteiger partial charge in [-0.15, -0.1) is 0 Å². The second kappa shape index (κ2) is 5.89. The lowest BCUT2D eigenvalue weighted by atomic mass is 10.0. The molecule has 3 N–H and O–H groups in total. The highest BCUT2D eigenvalue weighted by atomic mass is 35.5. The van der Waals surface area contributed by atoms with Gasteiger partial charge in [-0.1, -0.05) is 25.4 Å². The Kier molecular flexibility index (Phi) is 4.80. The average molecular weight is 243 g/mol. The Morgan fingerprint density at radius 2 is 2.00 bits per heavy atom. The van der Waals surface area contributed by atoms with Crippen molar-refractivity contribution in [1.29, 1.82) is 0 Å². The van der Waals surface area contributed by atoms with E-state index in [0.717, 1.165) is 6.42 Å². The maximum absolute atomic E-state index is 5.99. The molecule has 1 aromatic rings. The van der Waals surface area contributed by atoms with Crippen molar-refractivity contribution < 1.29 is 0 Å². The van der Waals surface area contributed by atoms with Gasteiger partial charge in [0.05, 0.1) is 0 Å². The minimum absolute atomic E-state index is 0.315. The summed E-state index contributed by atoms with van der Waals surface area (Å²) < 4.78 is 0. The zero-order valence-electron chi connectivity index (χ0n) is 10.00. The van der Waals surface area contributed by atoms with Crippen molar-refractivity contribution in [3.05, 3.63) is 11.3 Å². The van der Waals surface area contributed by atoms with Gasteiger partial charge in [0, 0.05) is 6.04 Å². The predicted octanol–water partition coefficient (Wildman–Crippen LogP) is 2.95. The fraction of sp³-hybridized carbons (Fsp3) is 0.636. The molecular weight excluding hydrogens is 224 g/mol. The number of hydrogen-bond acceptors (Lipinski definition) is 4. The Hall–Kier alpha value is -1.03. The van der Waals surface area contributed by atoms with Crippen molar-refractivity contribution in [3.8, 4) is 0 Å². The highest BCUT2D eigenvalue weighted by molar-refractivity contribution is 6.35. The van der Waals surface area contributed by atoms with Crippen LogP contribution in [0.15, 0.2) is 6.33 Å². The van der Waals surface area contributed by atoms with Crippen LogP contribution >= 0.6 is 11.6 Å². The SMILES string of the molecule is CC(C)CCC(C)Nc1ncnc(N)c1Cl. The molecule has 0 saturated carbocycles. The molecular formula is C11H19ClN4. The van der Waals surface area contributed by atoms with Crippen LogP contribution in [0, 0.1) is 5.92 Å². The Balaban J connectivity index is 2.56. The first-order valence-corrected chi connectivity index (χ1v) is 5.91. The van der Waals surface area contributed by atoms with E-state index in [0.29, 0.717) is 28.6 Å². The third-order valence-corrected chi connectivity index (χ3v) is 2.75. The highest BCUT2D eigenvalue weighted by Crippen LogP contribution is 2.24. The van der Waals surface area contributed by atoms with E-state index >= 15 is 0 Å². The lowest BCUT2D eigenvalue weighted by Gasteiger charge is -2.16. The van der Waals surface area contributed by atoms with Crippen LogP contribution < -0.4 is 11.1 Å². The lowest BCUT2D eigenvalue weighted by molar-refractivity contribution is 0.527. The van der Waals surface area contributed by atoms with Crippen LogP contribution in [0.2, 0.25) is 5.02 Å². The van der Waals surface area contributed by atoms with Crippen molar-refractivity contribution in [2.24, 2.45) is 5.92 Å². The Morgan fingerprint density at radius 3 is 2.62 bits per heavy atom. The summed E-state index contributed by atoms with van der Waals surface area (Å²) in [4.78, 5) is 7.89. The monoisotopic (exact) mass is 242 g/mol. The van der Waals surface area contributed by atoms with Gasteiger partial charge in [0.1, 0.15) is 17.2 Å². The van der Waals surface area contributed by atoms with E-state index in [1.54, 1.807) is 0 Å². The lowest BCUT2D eigenvalue weighted by Crippen LogP contribution is -2.17. The standard InChI is InChI=1S/C11H19ClN4/c1-7(2)4-5-8(3)16-11-9(12)10(13)14-6-15-11/h6-8H,4-5H2,1-3H3,(H3,13,14,15,16). The van der Waals surface area contributed by atoms with Gasteiger partial charge in [0.25, 0.3) is 0 Å². The summed E-state index contributed by atoms with van der Waals surface area (Å²) in [6.45, 7) is 6.53. The number of aromatic nitrogens is 2. The maximum atomic E-state index is 5.99. The van der Waals surface area contributed by atoms with Gasteiger partial charge in [0.2, 0.25) is 0 Å². The molecule has 0 aromatic carbocycles. The van der Waals surface area contributed by atoms with Crippen LogP contribution in [0.25, 0.3) is 0 Å². The molecule has 0 amide bonds. The summed E-state index contributed by atoms with van der Waals surface area (Å²) in [6.07, 6.45) is 3.67. The van der Waals surface area contributed by atoms with Crippen LogP contribution in [0.5, 0.6) is 0 Å². The number of nitrogen functional groups attached to an aromatic ring is 1. The van der Waals surface area contributed by atoms with Crippen molar-refractivity contribution in [1.82, 2.24) is 9.97 Å². The average Bonchev–Trinajstić information content (AvgIpc) is 2.22. The van der Waals surface area contributed by atoms with Crippen molar-refractivity contribution in [2.75, 3.05) is 11.1 Å². The summed E-state index contributed by atoms with van der Waals surface area (Å²) in [6, 6.07) is 0.328. The number of nitrogens with zero attached hydrogens (tertiary/aromatic N) is 2. The quantitative estimate of drug-likeness (QED) is 0.833. The number of rotatable bonds is 5. The smallest absolute Gasteiger partial charge is 0.150 e. The molecule has 0 bridgehead atoms. The topological polar surface area (TPSA) is 63.8 Å². The summed E-state index contributed by atoms with van der Waals surface area (Å²) in [5.74, 6) is 1.64. The maximum Gasteiger partial charge on any atom is 0.150 e. The third kappa shape index (κ3) is 3.85. The highest BCUT2D eigenvalue weighted by Gasteiger charge is 2.09. The Morgan fingerprint density at radius 1 is 1.31 bits per heavy atom. The molecule has 1 rings (SSSR count). The second-order valence-corrected chi connectivity index (χ2v) is 4.82. The third-order valence-electron chi connectivity index (χ3n) is 2.38. The second-order valence-electron chi connectivity index (χ2n) is 4.44. The minimum atomic E-state index is 0.315. The largest absolute Gasteiger partial charge is 0.382 e. The number of anilines is 2. The van der Waals surface area contributed by atoms with Gasteiger partial charge in [-0.3, -0.25) is 0 Å². The summed E-state index contributed by atoms with van der Waals surface area (Å²) in [7, 11) is 0. The molecule has 0 saturated heterocycles. The normalized spacial score (nSPS) is 12.8. The first-order chi connectivity index (χ1) is 7.50. The fourth-order valence-corrected chi connectivity index (χ4v) is 1.53. The van der Waals surface area contributed by atoms with E-state index in [1.165, 1.54) is 12.7 Å². The van der Waals surface area contributed by atoms with Gasteiger partial charge < -0.3 is 11.1 Å². The molecule has 16 heavy (non-hydrogen) atoms. The zero-order chi connectivity index (χ0) is 12.1. The first kappa shape index (κ1) is 13.0. The molecule has 90 valence electrons.